The van der Waals surface area contributed by atoms with Crippen molar-refractivity contribution in [3.63, 3.8) is 0 Å². The lowest BCUT2D eigenvalue weighted by molar-refractivity contribution is 0.101. The van der Waals surface area contributed by atoms with Crippen LogP contribution in [0.5, 0.6) is 5.75 Å². The zero-order valence-corrected chi connectivity index (χ0v) is 11.8. The van der Waals surface area contributed by atoms with Crippen LogP contribution in [0.25, 0.3) is 0 Å². The van der Waals surface area contributed by atoms with Crippen molar-refractivity contribution in [3.05, 3.63) is 47.0 Å². The Hall–Kier alpha value is -2.18. The number of carbonyl (C=O) groups is 1. The largest absolute Gasteiger partial charge is 0.492 e. The van der Waals surface area contributed by atoms with Crippen molar-refractivity contribution in [2.75, 3.05) is 11.9 Å². The van der Waals surface area contributed by atoms with Crippen LogP contribution in [0, 0.1) is 0 Å². The summed E-state index contributed by atoms with van der Waals surface area (Å²) in [6, 6.07) is 6.97. The average Bonchev–Trinajstić information content (AvgIpc) is 2.47. The minimum absolute atomic E-state index is 0.0119. The van der Waals surface area contributed by atoms with E-state index in [4.69, 9.17) is 22.1 Å². The number of nitrogens with one attached hydrogen (secondary N) is 1. The Morgan fingerprint density at radius 3 is 3.10 bits per heavy atom. The van der Waals surface area contributed by atoms with Gasteiger partial charge < -0.3 is 15.8 Å². The molecule has 1 aliphatic heterocycles. The highest BCUT2D eigenvalue weighted by atomic mass is 35.5. The second-order valence-corrected chi connectivity index (χ2v) is 5.14. The smallest absolute Gasteiger partial charge is 0.293 e. The lowest BCUT2D eigenvalue weighted by atomic mass is 10.0. The molecule has 108 valence electrons. The van der Waals surface area contributed by atoms with E-state index < -0.39 is 5.91 Å². The molecule has 2 aromatic rings. The van der Waals surface area contributed by atoms with Crippen LogP contribution in [-0.2, 0) is 6.42 Å². The summed E-state index contributed by atoms with van der Waals surface area (Å²) < 4.78 is 5.55. The lowest BCUT2D eigenvalue weighted by Crippen LogP contribution is -2.33. The molecule has 21 heavy (non-hydrogen) atoms. The summed E-state index contributed by atoms with van der Waals surface area (Å²) in [5.74, 6) is 0.328. The fraction of sp³-hybridized carbons (Fsp3) is 0.214. The van der Waals surface area contributed by atoms with E-state index >= 15 is 0 Å². The van der Waals surface area contributed by atoms with Gasteiger partial charge in [-0.2, -0.15) is 0 Å². The van der Waals surface area contributed by atoms with E-state index in [0.717, 1.165) is 17.7 Å². The van der Waals surface area contributed by atoms with Gasteiger partial charge in [0.2, 0.25) is 5.82 Å². The van der Waals surface area contributed by atoms with Gasteiger partial charge in [0.05, 0.1) is 0 Å². The summed E-state index contributed by atoms with van der Waals surface area (Å²) in [7, 11) is 0. The van der Waals surface area contributed by atoms with Crippen molar-refractivity contribution in [2.24, 2.45) is 5.73 Å². The molecule has 1 amide bonds. The molecule has 0 fully saturated rings. The number of halogens is 1. The lowest BCUT2D eigenvalue weighted by Gasteiger charge is -2.22. The van der Waals surface area contributed by atoms with Crippen molar-refractivity contribution in [1.82, 2.24) is 9.97 Å². The molecule has 1 atom stereocenters. The molecule has 1 unspecified atom stereocenters. The second kappa shape index (κ2) is 5.67. The highest BCUT2D eigenvalue weighted by Gasteiger charge is 2.17. The maximum atomic E-state index is 12.0. The number of ether oxygens (including phenoxy) is 1. The Bertz CT molecular complexity index is 692. The minimum atomic E-state index is -0.426. The number of nitrogens with two attached hydrogens (primary N) is 1. The van der Waals surface area contributed by atoms with Gasteiger partial charge in [-0.25, -0.2) is 9.97 Å². The molecule has 1 aromatic carbocycles. The molecule has 0 saturated carbocycles. The Morgan fingerprint density at radius 1 is 1.43 bits per heavy atom. The van der Waals surface area contributed by atoms with Crippen LogP contribution in [0.4, 0.5) is 5.69 Å². The van der Waals surface area contributed by atoms with Gasteiger partial charge in [-0.3, -0.25) is 4.79 Å². The number of fused-ring (bicyclic) bond motifs is 1. The highest BCUT2D eigenvalue weighted by Crippen LogP contribution is 2.27. The fourth-order valence-corrected chi connectivity index (χ4v) is 2.24. The molecule has 0 saturated heterocycles. The molecule has 6 nitrogen and oxygen atoms in total. The third-order valence-corrected chi connectivity index (χ3v) is 3.30. The minimum Gasteiger partial charge on any atom is -0.492 e. The molecule has 3 N–H and O–H groups in total. The summed E-state index contributed by atoms with van der Waals surface area (Å²) in [6.07, 6.45) is 2.20. The molecule has 1 aromatic heterocycles. The van der Waals surface area contributed by atoms with Crippen LogP contribution in [0.2, 0.25) is 5.15 Å². The number of hydrogen-bond donors (Lipinski definition) is 2. The third-order valence-electron chi connectivity index (χ3n) is 3.08. The summed E-state index contributed by atoms with van der Waals surface area (Å²) in [6.45, 7) is 0.474. The number of aromatic nitrogens is 2. The molecule has 3 rings (SSSR count). The van der Waals surface area contributed by atoms with Crippen LogP contribution in [-0.4, -0.2) is 28.5 Å². The van der Waals surface area contributed by atoms with Gasteiger partial charge in [0.1, 0.15) is 17.5 Å². The molecule has 0 bridgehead atoms. The Balaban J connectivity index is 1.78. The van der Waals surface area contributed by atoms with Crippen molar-refractivity contribution < 1.29 is 9.53 Å². The van der Waals surface area contributed by atoms with Gasteiger partial charge in [-0.15, -0.1) is 0 Å². The molecule has 0 spiro atoms. The zero-order chi connectivity index (χ0) is 14.8. The normalized spacial score (nSPS) is 16.8. The van der Waals surface area contributed by atoms with Crippen LogP contribution < -0.4 is 15.8 Å². The van der Waals surface area contributed by atoms with E-state index in [1.165, 1.54) is 12.3 Å². The van der Waals surface area contributed by atoms with Crippen LogP contribution in [0.15, 0.2) is 30.5 Å². The topological polar surface area (TPSA) is 90.1 Å². The van der Waals surface area contributed by atoms with E-state index in [1.54, 1.807) is 12.1 Å². The number of benzene rings is 1. The first-order valence-corrected chi connectivity index (χ1v) is 6.81. The van der Waals surface area contributed by atoms with Gasteiger partial charge in [-0.1, -0.05) is 17.7 Å². The van der Waals surface area contributed by atoms with E-state index in [9.17, 15) is 4.79 Å². The van der Waals surface area contributed by atoms with Gasteiger partial charge in [0.15, 0.2) is 0 Å². The molecule has 0 aliphatic carbocycles. The number of anilines is 1. The van der Waals surface area contributed by atoms with Crippen molar-refractivity contribution in [1.29, 1.82) is 0 Å². The SMILES string of the molecule is NC1COc2cc(NC(=O)c3nccc(Cl)n3)ccc2C1. The van der Waals surface area contributed by atoms with E-state index in [0.29, 0.717) is 12.3 Å². The second-order valence-electron chi connectivity index (χ2n) is 4.75. The first-order chi connectivity index (χ1) is 10.1. The average molecular weight is 305 g/mol. The predicted molar refractivity (Wildman–Crippen MR) is 78.6 cm³/mol. The maximum Gasteiger partial charge on any atom is 0.293 e. The summed E-state index contributed by atoms with van der Waals surface area (Å²) in [4.78, 5) is 19.8. The number of carbonyl (C=O) groups excluding carboxylic acids is 1. The summed E-state index contributed by atoms with van der Waals surface area (Å²) in [5.41, 5.74) is 7.48. The Kier molecular flexibility index (Phi) is 3.72. The first kappa shape index (κ1) is 13.8. The Labute approximate surface area is 126 Å². The van der Waals surface area contributed by atoms with Gasteiger partial charge >= 0.3 is 0 Å². The fourth-order valence-electron chi connectivity index (χ4n) is 2.11. The standard InChI is InChI=1S/C14H13ClN4O2/c15-12-3-4-17-13(19-12)14(20)18-10-2-1-8-5-9(16)7-21-11(8)6-10/h1-4,6,9H,5,7,16H2,(H,18,20). The molecular formula is C14H13ClN4O2. The highest BCUT2D eigenvalue weighted by molar-refractivity contribution is 6.29. The number of hydrogen-bond acceptors (Lipinski definition) is 5. The summed E-state index contributed by atoms with van der Waals surface area (Å²) in [5, 5.41) is 2.93. The Morgan fingerprint density at radius 2 is 2.29 bits per heavy atom. The van der Waals surface area contributed by atoms with Gasteiger partial charge in [0, 0.05) is 24.0 Å². The zero-order valence-electron chi connectivity index (χ0n) is 11.0. The number of amides is 1. The van der Waals surface area contributed by atoms with Crippen molar-refractivity contribution in [2.45, 2.75) is 12.5 Å². The van der Waals surface area contributed by atoms with Crippen LogP contribution in [0.3, 0.4) is 0 Å². The van der Waals surface area contributed by atoms with Gasteiger partial charge in [0.25, 0.3) is 5.91 Å². The monoisotopic (exact) mass is 304 g/mol. The number of nitrogens with zero attached hydrogens (tertiary/aromatic N) is 2. The van der Waals surface area contributed by atoms with Crippen LogP contribution in [0.1, 0.15) is 16.2 Å². The van der Waals surface area contributed by atoms with E-state index in [1.807, 2.05) is 6.07 Å². The maximum absolute atomic E-state index is 12.0. The van der Waals surface area contributed by atoms with Gasteiger partial charge in [-0.05, 0) is 24.1 Å². The molecule has 1 aliphatic rings. The third kappa shape index (κ3) is 3.12. The summed E-state index contributed by atoms with van der Waals surface area (Å²) >= 11 is 5.74. The van der Waals surface area contributed by atoms with E-state index in [2.05, 4.69) is 15.3 Å². The van der Waals surface area contributed by atoms with Crippen LogP contribution >= 0.6 is 11.6 Å². The first-order valence-electron chi connectivity index (χ1n) is 6.43. The van der Waals surface area contributed by atoms with Crippen molar-refractivity contribution in [3.8, 4) is 5.75 Å². The predicted octanol–water partition coefficient (Wildman–Crippen LogP) is 1.64. The molecule has 0 radical (unpaired) electrons. The quantitative estimate of drug-likeness (QED) is 0.823. The van der Waals surface area contributed by atoms with E-state index in [-0.39, 0.29) is 17.0 Å². The molecule has 7 heteroatoms. The molecular weight excluding hydrogens is 292 g/mol. The number of rotatable bonds is 2. The molecule has 2 heterocycles. The van der Waals surface area contributed by atoms with Crippen molar-refractivity contribution >= 4 is 23.2 Å².